The Morgan fingerprint density at radius 3 is 2.91 bits per heavy atom. The summed E-state index contributed by atoms with van der Waals surface area (Å²) >= 11 is 0. The van der Waals surface area contributed by atoms with Gasteiger partial charge in [-0.1, -0.05) is 6.07 Å². The van der Waals surface area contributed by atoms with E-state index in [-0.39, 0.29) is 5.91 Å². The number of methoxy groups -OCH3 is 2. The van der Waals surface area contributed by atoms with Gasteiger partial charge in [0.2, 0.25) is 5.88 Å². The molecule has 3 heterocycles. The molecule has 0 saturated carbocycles. The Morgan fingerprint density at radius 1 is 1.27 bits per heavy atom. The molecule has 0 saturated heterocycles. The first-order valence-electron chi connectivity index (χ1n) is 6.54. The van der Waals surface area contributed by atoms with Crippen molar-refractivity contribution in [3.05, 3.63) is 48.4 Å². The van der Waals surface area contributed by atoms with Crippen LogP contribution in [0.4, 0.5) is 5.82 Å². The molecule has 0 atom stereocenters. The number of rotatable bonds is 4. The number of pyridine rings is 2. The molecule has 112 valence electrons. The van der Waals surface area contributed by atoms with Crippen LogP contribution in [0.15, 0.2) is 42.9 Å². The molecule has 1 N–H and O–H groups in total. The van der Waals surface area contributed by atoms with Gasteiger partial charge in [-0.25, -0.2) is 4.98 Å². The van der Waals surface area contributed by atoms with Crippen LogP contribution in [-0.4, -0.2) is 34.5 Å². The van der Waals surface area contributed by atoms with E-state index in [4.69, 9.17) is 9.47 Å². The van der Waals surface area contributed by atoms with Gasteiger partial charge < -0.3 is 19.2 Å². The van der Waals surface area contributed by atoms with Gasteiger partial charge in [0.25, 0.3) is 5.91 Å². The zero-order chi connectivity index (χ0) is 15.5. The molecule has 3 aromatic rings. The van der Waals surface area contributed by atoms with E-state index in [1.165, 1.54) is 14.2 Å². The summed E-state index contributed by atoms with van der Waals surface area (Å²) in [7, 11) is 3.03. The number of aromatic nitrogens is 3. The topological polar surface area (TPSA) is 77.8 Å². The quantitative estimate of drug-likeness (QED) is 0.797. The first-order chi connectivity index (χ1) is 10.7. The maximum atomic E-state index is 12.5. The molecule has 0 bridgehead atoms. The highest BCUT2D eigenvalue weighted by Crippen LogP contribution is 2.21. The van der Waals surface area contributed by atoms with Gasteiger partial charge in [-0.2, -0.15) is 4.98 Å². The lowest BCUT2D eigenvalue weighted by Gasteiger charge is -2.10. The predicted octanol–water partition coefficient (Wildman–Crippen LogP) is 2.00. The van der Waals surface area contributed by atoms with Crippen LogP contribution in [0.1, 0.15) is 10.4 Å². The third-order valence-corrected chi connectivity index (χ3v) is 3.13. The molecule has 7 nitrogen and oxygen atoms in total. The van der Waals surface area contributed by atoms with Crippen LogP contribution in [0.25, 0.3) is 5.65 Å². The number of anilines is 1. The molecule has 0 radical (unpaired) electrons. The number of carbonyl (C=O) groups excluding carboxylic acids is 1. The lowest BCUT2D eigenvalue weighted by Crippen LogP contribution is -2.15. The van der Waals surface area contributed by atoms with Crippen LogP contribution < -0.4 is 14.8 Å². The van der Waals surface area contributed by atoms with Crippen molar-refractivity contribution in [2.45, 2.75) is 0 Å². The summed E-state index contributed by atoms with van der Waals surface area (Å²) in [5.74, 6) is 0.944. The molecule has 3 aromatic heterocycles. The predicted molar refractivity (Wildman–Crippen MR) is 80.5 cm³/mol. The van der Waals surface area contributed by atoms with Crippen LogP contribution in [-0.2, 0) is 0 Å². The summed E-state index contributed by atoms with van der Waals surface area (Å²) in [4.78, 5) is 20.8. The van der Waals surface area contributed by atoms with E-state index in [1.54, 1.807) is 47.3 Å². The lowest BCUT2D eigenvalue weighted by molar-refractivity contribution is 0.102. The van der Waals surface area contributed by atoms with Gasteiger partial charge in [0.15, 0.2) is 0 Å². The van der Waals surface area contributed by atoms with Gasteiger partial charge >= 0.3 is 0 Å². The Hall–Kier alpha value is -3.09. The number of ether oxygens (including phenoxy) is 2. The van der Waals surface area contributed by atoms with Crippen molar-refractivity contribution >= 4 is 17.4 Å². The molecule has 0 spiro atoms. The first kappa shape index (κ1) is 13.9. The summed E-state index contributed by atoms with van der Waals surface area (Å²) in [6, 6.07) is 6.84. The highest BCUT2D eigenvalue weighted by Gasteiger charge is 2.15. The Balaban J connectivity index is 1.93. The number of imidazole rings is 1. The van der Waals surface area contributed by atoms with E-state index in [2.05, 4.69) is 15.3 Å². The Labute approximate surface area is 126 Å². The second-order valence-electron chi connectivity index (χ2n) is 4.47. The summed E-state index contributed by atoms with van der Waals surface area (Å²) in [6.45, 7) is 0. The number of amides is 1. The van der Waals surface area contributed by atoms with E-state index in [0.29, 0.717) is 28.7 Å². The van der Waals surface area contributed by atoms with Crippen molar-refractivity contribution in [3.8, 4) is 11.6 Å². The van der Waals surface area contributed by atoms with Gasteiger partial charge in [-0.3, -0.25) is 4.79 Å². The van der Waals surface area contributed by atoms with Crippen molar-refractivity contribution in [2.75, 3.05) is 19.5 Å². The second-order valence-corrected chi connectivity index (χ2v) is 4.47. The highest BCUT2D eigenvalue weighted by atomic mass is 16.5. The van der Waals surface area contributed by atoms with Crippen molar-refractivity contribution in [1.29, 1.82) is 0 Å². The maximum Gasteiger partial charge on any atom is 0.262 e. The summed E-state index contributed by atoms with van der Waals surface area (Å²) < 4.78 is 12.0. The average molecular weight is 298 g/mol. The zero-order valence-electron chi connectivity index (χ0n) is 12.1. The SMILES string of the molecule is COc1cccc(NC(=O)c2cn3ccnc3cc2OC)n1. The molecule has 0 unspecified atom stereocenters. The van der Waals surface area contributed by atoms with Crippen molar-refractivity contribution < 1.29 is 14.3 Å². The van der Waals surface area contributed by atoms with Crippen molar-refractivity contribution in [2.24, 2.45) is 0 Å². The minimum atomic E-state index is -0.326. The van der Waals surface area contributed by atoms with Crippen LogP contribution in [0.5, 0.6) is 11.6 Å². The molecule has 0 aliphatic carbocycles. The van der Waals surface area contributed by atoms with E-state index in [9.17, 15) is 4.79 Å². The molecule has 22 heavy (non-hydrogen) atoms. The molecular formula is C15H14N4O3. The third-order valence-electron chi connectivity index (χ3n) is 3.13. The Bertz CT molecular complexity index is 829. The smallest absolute Gasteiger partial charge is 0.262 e. The number of hydrogen-bond acceptors (Lipinski definition) is 5. The minimum absolute atomic E-state index is 0.326. The van der Waals surface area contributed by atoms with Crippen molar-refractivity contribution in [3.63, 3.8) is 0 Å². The number of carbonyl (C=O) groups is 1. The molecule has 3 rings (SSSR count). The molecule has 0 aliphatic heterocycles. The summed E-state index contributed by atoms with van der Waals surface area (Å²) in [5, 5.41) is 2.72. The second kappa shape index (κ2) is 5.72. The lowest BCUT2D eigenvalue weighted by atomic mass is 10.2. The van der Waals surface area contributed by atoms with E-state index in [0.717, 1.165) is 0 Å². The number of fused-ring (bicyclic) bond motifs is 1. The van der Waals surface area contributed by atoms with Crippen LogP contribution >= 0.6 is 0 Å². The highest BCUT2D eigenvalue weighted by molar-refractivity contribution is 6.05. The van der Waals surface area contributed by atoms with Crippen LogP contribution in [0.2, 0.25) is 0 Å². The monoisotopic (exact) mass is 298 g/mol. The Kier molecular flexibility index (Phi) is 3.61. The molecule has 1 amide bonds. The third kappa shape index (κ3) is 2.56. The van der Waals surface area contributed by atoms with Gasteiger partial charge in [0, 0.05) is 30.7 Å². The zero-order valence-corrected chi connectivity index (χ0v) is 12.1. The van der Waals surface area contributed by atoms with Gasteiger partial charge in [0.1, 0.15) is 17.2 Å². The maximum absolute atomic E-state index is 12.5. The van der Waals surface area contributed by atoms with E-state index < -0.39 is 0 Å². The standard InChI is InChI=1S/C15H14N4O3/c1-21-11-8-13-16-6-7-19(13)9-10(11)15(20)18-12-4-3-5-14(17-12)22-2/h3-9H,1-2H3,(H,17,18,20). The van der Waals surface area contributed by atoms with Gasteiger partial charge in [-0.15, -0.1) is 0 Å². The molecule has 0 fully saturated rings. The first-order valence-corrected chi connectivity index (χ1v) is 6.54. The normalized spacial score (nSPS) is 10.5. The average Bonchev–Trinajstić information content (AvgIpc) is 3.01. The molecule has 0 aromatic carbocycles. The minimum Gasteiger partial charge on any atom is -0.496 e. The van der Waals surface area contributed by atoms with E-state index >= 15 is 0 Å². The van der Waals surface area contributed by atoms with Crippen LogP contribution in [0.3, 0.4) is 0 Å². The van der Waals surface area contributed by atoms with E-state index in [1.807, 2.05) is 0 Å². The molecule has 7 heteroatoms. The summed E-state index contributed by atoms with van der Waals surface area (Å²) in [6.07, 6.45) is 5.08. The summed E-state index contributed by atoms with van der Waals surface area (Å²) in [5.41, 5.74) is 1.09. The number of nitrogens with zero attached hydrogens (tertiary/aromatic N) is 3. The van der Waals surface area contributed by atoms with Crippen LogP contribution in [0, 0.1) is 0 Å². The van der Waals surface area contributed by atoms with Gasteiger partial charge in [-0.05, 0) is 6.07 Å². The van der Waals surface area contributed by atoms with Crippen molar-refractivity contribution in [1.82, 2.24) is 14.4 Å². The number of hydrogen-bond donors (Lipinski definition) is 1. The Morgan fingerprint density at radius 2 is 2.14 bits per heavy atom. The molecule has 0 aliphatic rings. The fourth-order valence-corrected chi connectivity index (χ4v) is 2.06. The fraction of sp³-hybridized carbons (Fsp3) is 0.133. The largest absolute Gasteiger partial charge is 0.496 e. The fourth-order valence-electron chi connectivity index (χ4n) is 2.06. The molecular weight excluding hydrogens is 284 g/mol. The number of nitrogens with one attached hydrogen (secondary N) is 1. The van der Waals surface area contributed by atoms with Gasteiger partial charge in [0.05, 0.1) is 19.8 Å².